The average molecular weight is 306 g/mol. The van der Waals surface area contributed by atoms with Crippen LogP contribution in [0.15, 0.2) is 23.1 Å². The van der Waals surface area contributed by atoms with E-state index in [4.69, 9.17) is 0 Å². The van der Waals surface area contributed by atoms with Gasteiger partial charge in [-0.1, -0.05) is 0 Å². The molecule has 1 rings (SSSR count). The highest BCUT2D eigenvalue weighted by Gasteiger charge is 2.26. The van der Waals surface area contributed by atoms with Gasteiger partial charge in [-0.2, -0.15) is 4.72 Å². The van der Waals surface area contributed by atoms with E-state index in [1.54, 1.807) is 0 Å². The molecular formula is C10H11FN2O6S. The van der Waals surface area contributed by atoms with Gasteiger partial charge in [-0.05, 0) is 13.0 Å². The number of benzene rings is 1. The average Bonchev–Trinajstić information content (AvgIpc) is 2.36. The Morgan fingerprint density at radius 2 is 2.10 bits per heavy atom. The molecule has 1 aromatic carbocycles. The van der Waals surface area contributed by atoms with Crippen LogP contribution in [0.2, 0.25) is 0 Å². The molecule has 1 unspecified atom stereocenters. The summed E-state index contributed by atoms with van der Waals surface area (Å²) in [6, 6.07) is 0.858. The van der Waals surface area contributed by atoms with Gasteiger partial charge in [0, 0.05) is 6.07 Å². The van der Waals surface area contributed by atoms with Crippen LogP contribution in [-0.4, -0.2) is 32.5 Å². The van der Waals surface area contributed by atoms with Gasteiger partial charge in [0.25, 0.3) is 5.69 Å². The van der Waals surface area contributed by atoms with E-state index in [0.29, 0.717) is 6.07 Å². The van der Waals surface area contributed by atoms with E-state index in [9.17, 15) is 27.7 Å². The lowest BCUT2D eigenvalue weighted by Crippen LogP contribution is -2.39. The number of nitro benzene ring substituents is 1. The number of ether oxygens (including phenoxy) is 1. The van der Waals surface area contributed by atoms with E-state index < -0.39 is 43.4 Å². The van der Waals surface area contributed by atoms with Crippen molar-refractivity contribution in [3.63, 3.8) is 0 Å². The third-order valence-electron chi connectivity index (χ3n) is 2.30. The Morgan fingerprint density at radius 1 is 1.50 bits per heavy atom. The Balaban J connectivity index is 3.10. The zero-order valence-corrected chi connectivity index (χ0v) is 11.3. The maximum absolute atomic E-state index is 13.6. The number of carbonyl (C=O) groups is 1. The minimum Gasteiger partial charge on any atom is -0.468 e. The van der Waals surface area contributed by atoms with Crippen molar-refractivity contribution in [2.45, 2.75) is 17.9 Å². The van der Waals surface area contributed by atoms with Crippen LogP contribution in [0, 0.1) is 15.9 Å². The molecule has 0 saturated carbocycles. The molecule has 0 heterocycles. The molecule has 0 saturated heterocycles. The molecule has 0 aliphatic rings. The molecule has 110 valence electrons. The first-order valence-corrected chi connectivity index (χ1v) is 6.71. The molecule has 0 aromatic heterocycles. The van der Waals surface area contributed by atoms with Gasteiger partial charge in [0.05, 0.1) is 18.1 Å². The number of nitrogens with zero attached hydrogens (tertiary/aromatic N) is 1. The second kappa shape index (κ2) is 5.92. The monoisotopic (exact) mass is 306 g/mol. The van der Waals surface area contributed by atoms with Gasteiger partial charge in [0.2, 0.25) is 10.0 Å². The first-order chi connectivity index (χ1) is 9.19. The van der Waals surface area contributed by atoms with E-state index in [0.717, 1.165) is 19.2 Å². The first kappa shape index (κ1) is 16.0. The molecule has 0 aliphatic heterocycles. The highest BCUT2D eigenvalue weighted by Crippen LogP contribution is 2.20. The Bertz CT molecular complexity index is 645. The molecule has 1 N–H and O–H groups in total. The van der Waals surface area contributed by atoms with E-state index in [1.807, 2.05) is 4.72 Å². The zero-order chi connectivity index (χ0) is 15.5. The van der Waals surface area contributed by atoms with E-state index >= 15 is 0 Å². The second-order valence-electron chi connectivity index (χ2n) is 3.74. The number of nitrogens with one attached hydrogen (secondary N) is 1. The van der Waals surface area contributed by atoms with Crippen molar-refractivity contribution in [1.29, 1.82) is 0 Å². The summed E-state index contributed by atoms with van der Waals surface area (Å²) in [5.74, 6) is -2.14. The van der Waals surface area contributed by atoms with Crippen molar-refractivity contribution in [3.05, 3.63) is 34.1 Å². The molecule has 10 heteroatoms. The van der Waals surface area contributed by atoms with Crippen molar-refractivity contribution >= 4 is 21.7 Å². The van der Waals surface area contributed by atoms with Gasteiger partial charge < -0.3 is 4.74 Å². The predicted molar refractivity (Wildman–Crippen MR) is 64.9 cm³/mol. The molecule has 0 amide bonds. The maximum atomic E-state index is 13.6. The summed E-state index contributed by atoms with van der Waals surface area (Å²) in [6.07, 6.45) is 0. The number of halogens is 1. The Kier molecular flexibility index (Phi) is 4.73. The molecule has 0 bridgehead atoms. The lowest BCUT2D eigenvalue weighted by Gasteiger charge is -2.12. The molecule has 0 aliphatic carbocycles. The fourth-order valence-corrected chi connectivity index (χ4v) is 2.59. The topological polar surface area (TPSA) is 116 Å². The van der Waals surface area contributed by atoms with Gasteiger partial charge in [0.15, 0.2) is 0 Å². The first-order valence-electron chi connectivity index (χ1n) is 5.23. The van der Waals surface area contributed by atoms with Gasteiger partial charge in [0.1, 0.15) is 16.8 Å². The van der Waals surface area contributed by atoms with E-state index in [-0.39, 0.29) is 0 Å². The highest BCUT2D eigenvalue weighted by molar-refractivity contribution is 7.89. The normalized spacial score (nSPS) is 12.8. The summed E-state index contributed by atoms with van der Waals surface area (Å²) in [5.41, 5.74) is -0.581. The molecule has 0 fully saturated rings. The summed E-state index contributed by atoms with van der Waals surface area (Å²) in [4.78, 5) is 19.9. The minimum atomic E-state index is -4.34. The van der Waals surface area contributed by atoms with Crippen LogP contribution in [0.5, 0.6) is 0 Å². The summed E-state index contributed by atoms with van der Waals surface area (Å²) in [6.45, 7) is 1.21. The second-order valence-corrected chi connectivity index (χ2v) is 5.42. The smallest absolute Gasteiger partial charge is 0.323 e. The molecular weight excluding hydrogens is 295 g/mol. The number of carbonyl (C=O) groups excluding carboxylic acids is 1. The predicted octanol–water partition coefficient (Wildman–Crippen LogP) is 0.574. The van der Waals surface area contributed by atoms with Gasteiger partial charge in [-0.25, -0.2) is 12.8 Å². The van der Waals surface area contributed by atoms with Gasteiger partial charge >= 0.3 is 5.97 Å². The summed E-state index contributed by atoms with van der Waals surface area (Å²) >= 11 is 0. The standard InChI is InChI=1S/C10H11FN2O6S/c1-6(10(14)19-2)12-20(17,18)9-4-3-7(13(15)16)5-8(9)11/h3-6,12H,1-2H3. The number of hydrogen-bond acceptors (Lipinski definition) is 6. The van der Waals surface area contributed by atoms with Crippen molar-refractivity contribution in [2.75, 3.05) is 7.11 Å². The number of methoxy groups -OCH3 is 1. The minimum absolute atomic E-state index is 0.484. The van der Waals surface area contributed by atoms with E-state index in [1.165, 1.54) is 6.92 Å². The van der Waals surface area contributed by atoms with Crippen LogP contribution < -0.4 is 4.72 Å². The largest absolute Gasteiger partial charge is 0.468 e. The summed E-state index contributed by atoms with van der Waals surface area (Å²) < 4.78 is 43.5. The van der Waals surface area contributed by atoms with Crippen molar-refractivity contribution < 1.29 is 27.3 Å². The number of nitro groups is 1. The number of hydrogen-bond donors (Lipinski definition) is 1. The Labute approximate surface area is 113 Å². The van der Waals surface area contributed by atoms with Crippen LogP contribution in [0.25, 0.3) is 0 Å². The Hall–Kier alpha value is -2.07. The van der Waals surface area contributed by atoms with Gasteiger partial charge in [-0.3, -0.25) is 14.9 Å². The van der Waals surface area contributed by atoms with Crippen LogP contribution >= 0.6 is 0 Å². The number of esters is 1. The summed E-state index contributed by atoms with van der Waals surface area (Å²) in [7, 11) is -3.27. The maximum Gasteiger partial charge on any atom is 0.323 e. The number of rotatable bonds is 5. The molecule has 0 spiro atoms. The van der Waals surface area contributed by atoms with Crippen LogP contribution in [-0.2, 0) is 19.6 Å². The van der Waals surface area contributed by atoms with Crippen molar-refractivity contribution in [1.82, 2.24) is 4.72 Å². The SMILES string of the molecule is COC(=O)C(C)NS(=O)(=O)c1ccc([N+](=O)[O-])cc1F. The lowest BCUT2D eigenvalue weighted by molar-refractivity contribution is -0.385. The zero-order valence-electron chi connectivity index (χ0n) is 10.5. The highest BCUT2D eigenvalue weighted by atomic mass is 32.2. The Morgan fingerprint density at radius 3 is 2.55 bits per heavy atom. The fourth-order valence-electron chi connectivity index (χ4n) is 1.34. The fraction of sp³-hybridized carbons (Fsp3) is 0.300. The molecule has 0 radical (unpaired) electrons. The molecule has 8 nitrogen and oxygen atoms in total. The number of sulfonamides is 1. The summed E-state index contributed by atoms with van der Waals surface area (Å²) in [5, 5.41) is 10.4. The molecule has 1 atom stereocenters. The quantitative estimate of drug-likeness (QED) is 0.483. The lowest BCUT2D eigenvalue weighted by atomic mass is 10.3. The van der Waals surface area contributed by atoms with E-state index in [2.05, 4.69) is 4.74 Å². The van der Waals surface area contributed by atoms with Crippen molar-refractivity contribution in [3.8, 4) is 0 Å². The molecule has 1 aromatic rings. The molecule has 20 heavy (non-hydrogen) atoms. The third-order valence-corrected chi connectivity index (χ3v) is 3.88. The van der Waals surface area contributed by atoms with Crippen LogP contribution in [0.1, 0.15) is 6.92 Å². The van der Waals surface area contributed by atoms with Crippen molar-refractivity contribution in [2.24, 2.45) is 0 Å². The number of non-ortho nitro benzene ring substituents is 1. The van der Waals surface area contributed by atoms with Gasteiger partial charge in [-0.15, -0.1) is 0 Å². The van der Waals surface area contributed by atoms with Crippen LogP contribution in [0.3, 0.4) is 0 Å². The third kappa shape index (κ3) is 3.48. The van der Waals surface area contributed by atoms with Crippen LogP contribution in [0.4, 0.5) is 10.1 Å².